The average Bonchev–Trinajstić information content (AvgIpc) is 2.58. The molecule has 2 unspecified atom stereocenters. The van der Waals surface area contributed by atoms with Crippen LogP contribution in [-0.4, -0.2) is 12.7 Å². The van der Waals surface area contributed by atoms with E-state index in [-0.39, 0.29) is 6.10 Å². The van der Waals surface area contributed by atoms with Gasteiger partial charge in [0.25, 0.3) is 0 Å². The van der Waals surface area contributed by atoms with Crippen molar-refractivity contribution in [3.8, 4) is 0 Å². The molecule has 0 spiro atoms. The van der Waals surface area contributed by atoms with Gasteiger partial charge in [0.2, 0.25) is 0 Å². The van der Waals surface area contributed by atoms with E-state index in [0.29, 0.717) is 11.8 Å². The van der Waals surface area contributed by atoms with Gasteiger partial charge in [0.1, 0.15) is 0 Å². The number of fused-ring (bicyclic) bond motifs is 2. The Labute approximate surface area is 103 Å². The average molecular weight is 226 g/mol. The predicted molar refractivity (Wildman–Crippen MR) is 70.6 cm³/mol. The molecule has 3 atom stereocenters. The first kappa shape index (κ1) is 10.8. The second kappa shape index (κ2) is 4.15. The summed E-state index contributed by atoms with van der Waals surface area (Å²) in [6.45, 7) is 5.30. The number of rotatable bonds is 1. The molecule has 0 saturated carbocycles. The van der Waals surface area contributed by atoms with Gasteiger partial charge in [-0.2, -0.15) is 0 Å². The zero-order valence-corrected chi connectivity index (χ0v) is 10.4. The SMILES string of the molecule is CC1=CC2COC(C=C2c2ccccc2)[C@H]1C. The molecule has 0 aromatic heterocycles. The normalized spacial score (nSPS) is 31.8. The Morgan fingerprint density at radius 2 is 1.88 bits per heavy atom. The Hall–Kier alpha value is -1.34. The van der Waals surface area contributed by atoms with Crippen LogP contribution < -0.4 is 0 Å². The lowest BCUT2D eigenvalue weighted by atomic mass is 9.91. The minimum atomic E-state index is 0.250. The lowest BCUT2D eigenvalue weighted by molar-refractivity contribution is 0.0517. The molecule has 3 aliphatic rings. The van der Waals surface area contributed by atoms with Gasteiger partial charge in [-0.3, -0.25) is 0 Å². The summed E-state index contributed by atoms with van der Waals surface area (Å²) in [6.07, 6.45) is 4.96. The second-order valence-electron chi connectivity index (χ2n) is 5.09. The predicted octanol–water partition coefficient (Wildman–Crippen LogP) is 3.68. The molecule has 4 rings (SSSR count). The third-order valence-corrected chi connectivity index (χ3v) is 3.99. The third kappa shape index (κ3) is 1.85. The molecule has 1 aliphatic carbocycles. The number of hydrogen-bond donors (Lipinski definition) is 0. The largest absolute Gasteiger partial charge is 0.373 e. The molecular weight excluding hydrogens is 208 g/mol. The van der Waals surface area contributed by atoms with Gasteiger partial charge in [0.15, 0.2) is 0 Å². The lowest BCUT2D eigenvalue weighted by Crippen LogP contribution is -2.25. The van der Waals surface area contributed by atoms with Crippen LogP contribution >= 0.6 is 0 Å². The highest BCUT2D eigenvalue weighted by molar-refractivity contribution is 5.71. The van der Waals surface area contributed by atoms with E-state index >= 15 is 0 Å². The summed E-state index contributed by atoms with van der Waals surface area (Å²) in [5.41, 5.74) is 4.23. The fourth-order valence-corrected chi connectivity index (χ4v) is 2.75. The maximum absolute atomic E-state index is 5.91. The zero-order valence-electron chi connectivity index (χ0n) is 10.4. The Kier molecular flexibility index (Phi) is 2.64. The van der Waals surface area contributed by atoms with Crippen LogP contribution in [0.3, 0.4) is 0 Å². The minimum absolute atomic E-state index is 0.250. The van der Waals surface area contributed by atoms with E-state index in [1.165, 1.54) is 16.7 Å². The molecule has 2 aliphatic heterocycles. The van der Waals surface area contributed by atoms with Gasteiger partial charge in [0.05, 0.1) is 12.7 Å². The van der Waals surface area contributed by atoms with Crippen LogP contribution in [0, 0.1) is 11.8 Å². The quantitative estimate of drug-likeness (QED) is 0.664. The van der Waals surface area contributed by atoms with Crippen molar-refractivity contribution in [3.05, 3.63) is 53.6 Å². The van der Waals surface area contributed by atoms with E-state index in [2.05, 4.69) is 56.3 Å². The molecule has 1 aromatic rings. The van der Waals surface area contributed by atoms with Crippen molar-refractivity contribution >= 4 is 5.57 Å². The van der Waals surface area contributed by atoms with Crippen molar-refractivity contribution in [2.45, 2.75) is 20.0 Å². The summed E-state index contributed by atoms with van der Waals surface area (Å²) in [5.74, 6) is 0.930. The fraction of sp³-hybridized carbons (Fsp3) is 0.375. The molecule has 0 fully saturated rings. The third-order valence-electron chi connectivity index (χ3n) is 3.99. The van der Waals surface area contributed by atoms with Gasteiger partial charge >= 0.3 is 0 Å². The number of ether oxygens (including phenoxy) is 1. The molecule has 1 nitrogen and oxygen atoms in total. The highest BCUT2D eigenvalue weighted by atomic mass is 16.5. The van der Waals surface area contributed by atoms with E-state index in [9.17, 15) is 0 Å². The lowest BCUT2D eigenvalue weighted by Gasteiger charge is -2.27. The van der Waals surface area contributed by atoms with Crippen LogP contribution in [-0.2, 0) is 4.74 Å². The highest BCUT2D eigenvalue weighted by Gasteiger charge is 2.31. The summed E-state index contributed by atoms with van der Waals surface area (Å²) in [6, 6.07) is 10.7. The maximum Gasteiger partial charge on any atom is 0.0824 e. The molecule has 0 radical (unpaired) electrons. The van der Waals surface area contributed by atoms with E-state index in [4.69, 9.17) is 4.74 Å². The molecule has 17 heavy (non-hydrogen) atoms. The second-order valence-corrected chi connectivity index (χ2v) is 5.09. The Bertz CT molecular complexity index is 470. The van der Waals surface area contributed by atoms with Crippen LogP contribution in [0.15, 0.2) is 48.1 Å². The van der Waals surface area contributed by atoms with Crippen LogP contribution in [0.1, 0.15) is 19.4 Å². The number of benzene rings is 1. The summed E-state index contributed by atoms with van der Waals surface area (Å²) in [5, 5.41) is 0. The van der Waals surface area contributed by atoms with Gasteiger partial charge in [-0.05, 0) is 18.1 Å². The maximum atomic E-state index is 5.91. The van der Waals surface area contributed by atoms with Crippen LogP contribution in [0.25, 0.3) is 5.57 Å². The zero-order chi connectivity index (χ0) is 11.8. The summed E-state index contributed by atoms with van der Waals surface area (Å²) in [4.78, 5) is 0. The van der Waals surface area contributed by atoms with E-state index in [0.717, 1.165) is 6.61 Å². The molecule has 0 N–H and O–H groups in total. The Morgan fingerprint density at radius 3 is 2.65 bits per heavy atom. The monoisotopic (exact) mass is 226 g/mol. The van der Waals surface area contributed by atoms with Crippen molar-refractivity contribution in [2.75, 3.05) is 6.61 Å². The van der Waals surface area contributed by atoms with E-state index in [1.807, 2.05) is 0 Å². The van der Waals surface area contributed by atoms with Crippen molar-refractivity contribution in [1.29, 1.82) is 0 Å². The molecule has 0 saturated heterocycles. The van der Waals surface area contributed by atoms with Gasteiger partial charge in [-0.1, -0.05) is 55.0 Å². The van der Waals surface area contributed by atoms with Gasteiger partial charge < -0.3 is 4.74 Å². The topological polar surface area (TPSA) is 9.23 Å². The smallest absolute Gasteiger partial charge is 0.0824 e. The van der Waals surface area contributed by atoms with Crippen LogP contribution in [0.2, 0.25) is 0 Å². The molecule has 2 bridgehead atoms. The first-order valence-electron chi connectivity index (χ1n) is 6.33. The number of hydrogen-bond acceptors (Lipinski definition) is 1. The van der Waals surface area contributed by atoms with Crippen LogP contribution in [0.5, 0.6) is 0 Å². The fourth-order valence-electron chi connectivity index (χ4n) is 2.75. The van der Waals surface area contributed by atoms with Gasteiger partial charge in [-0.25, -0.2) is 0 Å². The summed E-state index contributed by atoms with van der Waals surface area (Å²) in [7, 11) is 0. The molecular formula is C16H18O. The van der Waals surface area contributed by atoms with Crippen molar-refractivity contribution in [1.82, 2.24) is 0 Å². The Morgan fingerprint density at radius 1 is 1.12 bits per heavy atom. The van der Waals surface area contributed by atoms with E-state index < -0.39 is 0 Å². The van der Waals surface area contributed by atoms with Crippen molar-refractivity contribution in [3.63, 3.8) is 0 Å². The first-order valence-corrected chi connectivity index (χ1v) is 6.33. The minimum Gasteiger partial charge on any atom is -0.373 e. The molecule has 1 heteroatoms. The molecule has 1 aromatic carbocycles. The molecule has 2 heterocycles. The summed E-state index contributed by atoms with van der Waals surface area (Å²) >= 11 is 0. The van der Waals surface area contributed by atoms with Gasteiger partial charge in [-0.15, -0.1) is 0 Å². The summed E-state index contributed by atoms with van der Waals surface area (Å²) < 4.78 is 5.91. The Balaban J connectivity index is 2.05. The highest BCUT2D eigenvalue weighted by Crippen LogP contribution is 2.38. The molecule has 0 amide bonds. The first-order chi connectivity index (χ1) is 8.25. The standard InChI is InChI=1S/C16H18O/c1-11-8-14-10-17-16(12(11)2)9-15(14)13-6-4-3-5-7-13/h3-9,12,14,16H,10H2,1-2H3/t12-,14?,16?/m0/s1. The van der Waals surface area contributed by atoms with Crippen molar-refractivity contribution < 1.29 is 4.74 Å². The van der Waals surface area contributed by atoms with Crippen LogP contribution in [0.4, 0.5) is 0 Å². The molecule has 88 valence electrons. The van der Waals surface area contributed by atoms with E-state index in [1.54, 1.807) is 0 Å². The van der Waals surface area contributed by atoms with Gasteiger partial charge in [0, 0.05) is 11.8 Å². The van der Waals surface area contributed by atoms with Crippen molar-refractivity contribution in [2.24, 2.45) is 11.8 Å².